The van der Waals surface area contributed by atoms with Crippen molar-refractivity contribution < 1.29 is 19.2 Å². The van der Waals surface area contributed by atoms with E-state index in [-0.39, 0.29) is 41.8 Å². The first-order chi connectivity index (χ1) is 11.9. The Balaban J connectivity index is 2.76. The van der Waals surface area contributed by atoms with Gasteiger partial charge in [0, 0.05) is 24.6 Å². The van der Waals surface area contributed by atoms with Crippen LogP contribution >= 0.6 is 0 Å². The van der Waals surface area contributed by atoms with E-state index in [0.29, 0.717) is 5.56 Å². The van der Waals surface area contributed by atoms with E-state index in [2.05, 4.69) is 17.0 Å². The summed E-state index contributed by atoms with van der Waals surface area (Å²) in [5, 5.41) is 14.0. The maximum atomic E-state index is 11.7. The third-order valence-electron chi connectivity index (χ3n) is 4.08. The number of nitrogens with zero attached hydrogens (tertiary/aromatic N) is 1. The fourth-order valence-electron chi connectivity index (χ4n) is 2.55. The molecular formula is C18H26N2O5. The molecule has 0 aromatic heterocycles. The summed E-state index contributed by atoms with van der Waals surface area (Å²) in [6.45, 7) is 4.34. The molecule has 1 aromatic rings. The molecule has 0 bridgehead atoms. The first-order valence-corrected chi connectivity index (χ1v) is 8.49. The Morgan fingerprint density at radius 2 is 2.04 bits per heavy atom. The van der Waals surface area contributed by atoms with Crippen molar-refractivity contribution in [1.82, 2.24) is 5.32 Å². The van der Waals surface area contributed by atoms with Gasteiger partial charge < -0.3 is 10.1 Å². The molecule has 0 heterocycles. The molecule has 0 saturated heterocycles. The zero-order valence-corrected chi connectivity index (χ0v) is 15.0. The first-order valence-electron chi connectivity index (χ1n) is 8.49. The summed E-state index contributed by atoms with van der Waals surface area (Å²) >= 11 is 0. The maximum absolute atomic E-state index is 11.7. The number of carbonyl (C=O) groups excluding carboxylic acids is 2. The van der Waals surface area contributed by atoms with Crippen LogP contribution in [0.1, 0.15) is 63.0 Å². The highest BCUT2D eigenvalue weighted by Crippen LogP contribution is 2.30. The van der Waals surface area contributed by atoms with E-state index in [1.54, 1.807) is 12.1 Å². The lowest BCUT2D eigenvalue weighted by Crippen LogP contribution is -2.23. The second-order valence-corrected chi connectivity index (χ2v) is 6.05. The zero-order chi connectivity index (χ0) is 18.8. The minimum absolute atomic E-state index is 0.0297. The van der Waals surface area contributed by atoms with Crippen molar-refractivity contribution in [3.05, 3.63) is 39.4 Å². The Morgan fingerprint density at radius 1 is 1.32 bits per heavy atom. The van der Waals surface area contributed by atoms with Gasteiger partial charge in [-0.15, -0.1) is 0 Å². The number of rotatable bonds is 10. The number of amides is 1. The molecule has 138 valence electrons. The SMILES string of the molecule is CCCCC(C)c1cc(CNC(=O)CCC(=O)OC)ccc1[N+](=O)[O-]. The van der Waals surface area contributed by atoms with E-state index in [4.69, 9.17) is 0 Å². The number of benzene rings is 1. The number of nitro benzene ring substituents is 1. The quantitative estimate of drug-likeness (QED) is 0.396. The van der Waals surface area contributed by atoms with Crippen LogP contribution in [0.2, 0.25) is 0 Å². The van der Waals surface area contributed by atoms with Gasteiger partial charge in [-0.05, 0) is 24.0 Å². The fourth-order valence-corrected chi connectivity index (χ4v) is 2.55. The summed E-state index contributed by atoms with van der Waals surface area (Å²) in [6, 6.07) is 4.93. The van der Waals surface area contributed by atoms with Gasteiger partial charge in [0.25, 0.3) is 5.69 Å². The predicted molar refractivity (Wildman–Crippen MR) is 94.1 cm³/mol. The fraction of sp³-hybridized carbons (Fsp3) is 0.556. The van der Waals surface area contributed by atoms with Gasteiger partial charge in [-0.3, -0.25) is 19.7 Å². The molecule has 0 saturated carbocycles. The zero-order valence-electron chi connectivity index (χ0n) is 15.0. The van der Waals surface area contributed by atoms with Gasteiger partial charge in [-0.1, -0.05) is 32.8 Å². The second-order valence-electron chi connectivity index (χ2n) is 6.05. The van der Waals surface area contributed by atoms with Crippen LogP contribution in [-0.2, 0) is 20.9 Å². The van der Waals surface area contributed by atoms with Crippen LogP contribution in [0, 0.1) is 10.1 Å². The smallest absolute Gasteiger partial charge is 0.306 e. The number of carbonyl (C=O) groups is 2. The number of unbranched alkanes of at least 4 members (excludes halogenated alkanes) is 1. The van der Waals surface area contributed by atoms with Crippen molar-refractivity contribution in [2.45, 2.75) is 58.4 Å². The van der Waals surface area contributed by atoms with Crippen molar-refractivity contribution >= 4 is 17.6 Å². The Bertz CT molecular complexity index is 615. The third kappa shape index (κ3) is 6.91. The molecule has 1 unspecified atom stereocenters. The van der Waals surface area contributed by atoms with Gasteiger partial charge in [0.2, 0.25) is 5.91 Å². The molecule has 1 N–H and O–H groups in total. The summed E-state index contributed by atoms with van der Waals surface area (Å²) < 4.78 is 4.49. The Morgan fingerprint density at radius 3 is 2.64 bits per heavy atom. The molecule has 7 heteroatoms. The van der Waals surface area contributed by atoms with Crippen molar-refractivity contribution in [2.24, 2.45) is 0 Å². The number of hydrogen-bond donors (Lipinski definition) is 1. The summed E-state index contributed by atoms with van der Waals surface area (Å²) in [4.78, 5) is 33.7. The number of esters is 1. The highest BCUT2D eigenvalue weighted by Gasteiger charge is 2.19. The van der Waals surface area contributed by atoms with E-state index in [1.807, 2.05) is 6.92 Å². The van der Waals surface area contributed by atoms with Crippen LogP contribution in [0.15, 0.2) is 18.2 Å². The van der Waals surface area contributed by atoms with Crippen LogP contribution in [0.4, 0.5) is 5.69 Å². The largest absolute Gasteiger partial charge is 0.469 e. The minimum atomic E-state index is -0.433. The number of ether oxygens (including phenoxy) is 1. The van der Waals surface area contributed by atoms with E-state index >= 15 is 0 Å². The molecule has 0 radical (unpaired) electrons. The lowest BCUT2D eigenvalue weighted by Gasteiger charge is -2.14. The lowest BCUT2D eigenvalue weighted by atomic mass is 9.92. The Labute approximate surface area is 147 Å². The number of nitrogens with one attached hydrogen (secondary N) is 1. The van der Waals surface area contributed by atoms with Crippen molar-refractivity contribution in [3.63, 3.8) is 0 Å². The van der Waals surface area contributed by atoms with E-state index < -0.39 is 5.97 Å². The molecule has 0 aliphatic carbocycles. The van der Waals surface area contributed by atoms with Gasteiger partial charge >= 0.3 is 5.97 Å². The van der Waals surface area contributed by atoms with Crippen molar-refractivity contribution in [3.8, 4) is 0 Å². The predicted octanol–water partition coefficient (Wildman–Crippen LogP) is 3.46. The van der Waals surface area contributed by atoms with Gasteiger partial charge in [-0.25, -0.2) is 0 Å². The molecule has 1 amide bonds. The molecule has 0 aliphatic rings. The summed E-state index contributed by atoms with van der Waals surface area (Å²) in [6.07, 6.45) is 3.01. The Kier molecular flexibility index (Phi) is 8.60. The topological polar surface area (TPSA) is 98.5 Å². The standard InChI is InChI=1S/C18H26N2O5/c1-4-5-6-13(2)15-11-14(7-8-16(15)20(23)24)12-19-17(21)9-10-18(22)25-3/h7-8,11,13H,4-6,9-10,12H2,1-3H3,(H,19,21). The molecule has 25 heavy (non-hydrogen) atoms. The van der Waals surface area contributed by atoms with E-state index in [9.17, 15) is 19.7 Å². The van der Waals surface area contributed by atoms with Crippen LogP contribution in [0.25, 0.3) is 0 Å². The number of hydrogen-bond acceptors (Lipinski definition) is 5. The lowest BCUT2D eigenvalue weighted by molar-refractivity contribution is -0.385. The summed E-state index contributed by atoms with van der Waals surface area (Å²) in [7, 11) is 1.28. The molecule has 1 rings (SSSR count). The third-order valence-corrected chi connectivity index (χ3v) is 4.08. The highest BCUT2D eigenvalue weighted by atomic mass is 16.6. The maximum Gasteiger partial charge on any atom is 0.306 e. The van der Waals surface area contributed by atoms with Gasteiger partial charge in [0.05, 0.1) is 18.5 Å². The molecule has 7 nitrogen and oxygen atoms in total. The summed E-state index contributed by atoms with van der Waals surface area (Å²) in [5.74, 6) is -0.614. The molecule has 0 aliphatic heterocycles. The number of nitro groups is 1. The molecular weight excluding hydrogens is 324 g/mol. The van der Waals surface area contributed by atoms with Crippen LogP contribution in [0.5, 0.6) is 0 Å². The first kappa shape index (κ1) is 20.6. The van der Waals surface area contributed by atoms with Gasteiger partial charge in [0.15, 0.2) is 0 Å². The van der Waals surface area contributed by atoms with Crippen LogP contribution in [-0.4, -0.2) is 23.9 Å². The monoisotopic (exact) mass is 350 g/mol. The minimum Gasteiger partial charge on any atom is -0.469 e. The van der Waals surface area contributed by atoms with Crippen molar-refractivity contribution in [2.75, 3.05) is 7.11 Å². The van der Waals surface area contributed by atoms with Crippen LogP contribution in [0.3, 0.4) is 0 Å². The molecule has 1 aromatic carbocycles. The number of methoxy groups -OCH3 is 1. The van der Waals surface area contributed by atoms with Gasteiger partial charge in [0.1, 0.15) is 0 Å². The highest BCUT2D eigenvalue weighted by molar-refractivity contribution is 5.81. The van der Waals surface area contributed by atoms with Crippen LogP contribution < -0.4 is 5.32 Å². The second kappa shape index (κ2) is 10.4. The average molecular weight is 350 g/mol. The molecule has 0 spiro atoms. The van der Waals surface area contributed by atoms with E-state index in [0.717, 1.165) is 24.8 Å². The average Bonchev–Trinajstić information content (AvgIpc) is 2.61. The molecule has 1 atom stereocenters. The Hall–Kier alpha value is -2.44. The van der Waals surface area contributed by atoms with E-state index in [1.165, 1.54) is 13.2 Å². The van der Waals surface area contributed by atoms with Gasteiger partial charge in [-0.2, -0.15) is 0 Å². The molecule has 0 fully saturated rings. The van der Waals surface area contributed by atoms with Crippen molar-refractivity contribution in [1.29, 1.82) is 0 Å². The summed E-state index contributed by atoms with van der Waals surface area (Å²) in [5.41, 5.74) is 1.61. The normalized spacial score (nSPS) is 11.6.